The van der Waals surface area contributed by atoms with Gasteiger partial charge in [0, 0.05) is 19.2 Å². The van der Waals surface area contributed by atoms with Crippen molar-refractivity contribution in [2.45, 2.75) is 43.9 Å². The van der Waals surface area contributed by atoms with Crippen LogP contribution in [0.1, 0.15) is 40.7 Å². The van der Waals surface area contributed by atoms with Crippen LogP contribution < -0.4 is 15.5 Å². The molecule has 5 nitrogen and oxygen atoms in total. The lowest BCUT2D eigenvalue weighted by molar-refractivity contribution is 0.0573. The number of fused-ring (bicyclic) bond motifs is 1. The Kier molecular flexibility index (Phi) is 5.81. The van der Waals surface area contributed by atoms with Crippen molar-refractivity contribution in [3.8, 4) is 5.75 Å². The predicted octanol–water partition coefficient (Wildman–Crippen LogP) is 4.49. The van der Waals surface area contributed by atoms with E-state index in [1.165, 1.54) is 16.3 Å². The average molecular weight is 448 g/mol. The molecule has 0 bridgehead atoms. The summed E-state index contributed by atoms with van der Waals surface area (Å²) in [6.45, 7) is 2.65. The summed E-state index contributed by atoms with van der Waals surface area (Å²) < 4.78 is 19.8. The number of amides is 1. The molecule has 3 aromatic rings. The highest BCUT2D eigenvalue weighted by Gasteiger charge is 2.46. The molecular weight excluding hydrogens is 417 g/mol. The van der Waals surface area contributed by atoms with Gasteiger partial charge in [-0.3, -0.25) is 4.79 Å². The molecule has 1 aliphatic heterocycles. The van der Waals surface area contributed by atoms with Crippen molar-refractivity contribution < 1.29 is 13.9 Å². The van der Waals surface area contributed by atoms with E-state index >= 15 is 0 Å². The molecule has 1 heterocycles. The topological polar surface area (TPSA) is 53.6 Å². The van der Waals surface area contributed by atoms with E-state index in [1.54, 1.807) is 11.1 Å². The maximum Gasteiger partial charge on any atom is 0.252 e. The predicted molar refractivity (Wildman–Crippen MR) is 128 cm³/mol. The van der Waals surface area contributed by atoms with Crippen LogP contribution >= 0.6 is 0 Å². The average Bonchev–Trinajstić information content (AvgIpc) is 3.57. The van der Waals surface area contributed by atoms with Gasteiger partial charge in [-0.1, -0.05) is 48.5 Å². The first kappa shape index (κ1) is 21.9. The number of carbonyl (C=O) groups excluding carboxylic acids is 1. The van der Waals surface area contributed by atoms with E-state index in [9.17, 15) is 9.18 Å². The summed E-state index contributed by atoms with van der Waals surface area (Å²) in [6.07, 6.45) is 1.39. The number of alkyl halides is 1. The minimum absolute atomic E-state index is 0.0947. The Bertz CT molecular complexity index is 1160. The number of benzene rings is 3. The van der Waals surface area contributed by atoms with E-state index in [1.807, 2.05) is 38.2 Å². The van der Waals surface area contributed by atoms with Crippen molar-refractivity contribution in [2.75, 3.05) is 20.2 Å². The molecule has 33 heavy (non-hydrogen) atoms. The molecule has 0 unspecified atom stereocenters. The molecule has 2 atom stereocenters. The molecule has 0 aromatic heterocycles. The van der Waals surface area contributed by atoms with Crippen LogP contribution in [0.5, 0.6) is 5.75 Å². The van der Waals surface area contributed by atoms with Gasteiger partial charge < -0.3 is 10.1 Å². The van der Waals surface area contributed by atoms with Crippen molar-refractivity contribution in [1.29, 1.82) is 0 Å². The first-order valence-electron chi connectivity index (χ1n) is 11.6. The standard InChI is InChI=1S/C27H30FN3O2/c1-18-10-11-22(33-17-21-14-20(28)16-31(2)30-21)15-24(18)26(32)29-27(12-13-27)25-9-5-7-19-6-3-4-8-23(19)25/h3-11,15,20-21,30H,12-14,16-17H2,1-2H3,(H,29,32)/t20-,21+/m0/s1. The zero-order valence-corrected chi connectivity index (χ0v) is 19.1. The minimum Gasteiger partial charge on any atom is -0.492 e. The van der Waals surface area contributed by atoms with Crippen LogP contribution in [-0.4, -0.2) is 43.3 Å². The number of nitrogens with zero attached hydrogens (tertiary/aromatic N) is 1. The number of hydrazine groups is 1. The number of halogens is 1. The first-order chi connectivity index (χ1) is 15.9. The van der Waals surface area contributed by atoms with Gasteiger partial charge in [0.25, 0.3) is 5.91 Å². The number of ether oxygens (including phenoxy) is 1. The SMILES string of the molecule is Cc1ccc(OC[C@H]2C[C@H](F)CN(C)N2)cc1C(=O)NC1(c2cccc3ccccc23)CC1. The molecule has 2 fully saturated rings. The summed E-state index contributed by atoms with van der Waals surface area (Å²) in [5.74, 6) is 0.522. The third-order valence-electron chi connectivity index (χ3n) is 6.73. The molecule has 2 aliphatic rings. The quantitative estimate of drug-likeness (QED) is 0.585. The van der Waals surface area contributed by atoms with Crippen LogP contribution in [0, 0.1) is 6.92 Å². The van der Waals surface area contributed by atoms with Gasteiger partial charge in [-0.25, -0.2) is 14.8 Å². The normalized spacial score (nSPS) is 22.2. The third-order valence-corrected chi connectivity index (χ3v) is 6.73. The van der Waals surface area contributed by atoms with E-state index in [2.05, 4.69) is 41.1 Å². The van der Waals surface area contributed by atoms with Crippen molar-refractivity contribution in [1.82, 2.24) is 15.8 Å². The molecule has 5 rings (SSSR count). The lowest BCUT2D eigenvalue weighted by atomic mass is 9.96. The van der Waals surface area contributed by atoms with Gasteiger partial charge in [0.2, 0.25) is 0 Å². The Labute approximate surface area is 193 Å². The lowest BCUT2D eigenvalue weighted by Gasteiger charge is -2.33. The Balaban J connectivity index is 1.32. The number of hydrogen-bond acceptors (Lipinski definition) is 4. The Morgan fingerprint density at radius 2 is 1.97 bits per heavy atom. The number of rotatable bonds is 6. The second-order valence-electron chi connectivity index (χ2n) is 9.39. The summed E-state index contributed by atoms with van der Waals surface area (Å²) in [7, 11) is 1.83. The van der Waals surface area contributed by atoms with Crippen LogP contribution in [0.25, 0.3) is 10.8 Å². The molecule has 0 spiro atoms. The summed E-state index contributed by atoms with van der Waals surface area (Å²) in [6, 6.07) is 20.0. The van der Waals surface area contributed by atoms with Crippen molar-refractivity contribution in [2.24, 2.45) is 0 Å². The molecule has 1 saturated carbocycles. The van der Waals surface area contributed by atoms with Crippen LogP contribution in [0.4, 0.5) is 4.39 Å². The lowest BCUT2D eigenvalue weighted by Crippen LogP contribution is -2.53. The van der Waals surface area contributed by atoms with Gasteiger partial charge in [0.05, 0.1) is 11.6 Å². The number of aryl methyl sites for hydroxylation is 1. The van der Waals surface area contributed by atoms with Crippen molar-refractivity contribution in [3.63, 3.8) is 0 Å². The van der Waals surface area contributed by atoms with E-state index in [0.29, 0.717) is 30.9 Å². The molecule has 2 N–H and O–H groups in total. The summed E-state index contributed by atoms with van der Waals surface area (Å²) in [4.78, 5) is 13.3. The van der Waals surface area contributed by atoms with E-state index in [4.69, 9.17) is 4.74 Å². The maximum atomic E-state index is 13.8. The van der Waals surface area contributed by atoms with Crippen LogP contribution in [-0.2, 0) is 5.54 Å². The van der Waals surface area contributed by atoms with Gasteiger partial charge in [-0.05, 0) is 60.2 Å². The highest BCUT2D eigenvalue weighted by atomic mass is 19.1. The second-order valence-corrected chi connectivity index (χ2v) is 9.39. The number of nitrogens with one attached hydrogen (secondary N) is 2. The molecule has 3 aromatic carbocycles. The fourth-order valence-electron chi connectivity index (χ4n) is 4.85. The number of hydrogen-bond donors (Lipinski definition) is 2. The molecule has 1 saturated heterocycles. The largest absolute Gasteiger partial charge is 0.492 e. The molecule has 1 amide bonds. The molecule has 172 valence electrons. The number of carbonyl (C=O) groups is 1. The van der Waals surface area contributed by atoms with Gasteiger partial charge in [-0.15, -0.1) is 0 Å². The van der Waals surface area contributed by atoms with E-state index in [0.717, 1.165) is 18.4 Å². The van der Waals surface area contributed by atoms with Crippen molar-refractivity contribution in [3.05, 3.63) is 77.4 Å². The highest BCUT2D eigenvalue weighted by Crippen LogP contribution is 2.48. The molecule has 0 radical (unpaired) electrons. The summed E-state index contributed by atoms with van der Waals surface area (Å²) in [5.41, 5.74) is 5.58. The Morgan fingerprint density at radius 1 is 1.18 bits per heavy atom. The smallest absolute Gasteiger partial charge is 0.252 e. The van der Waals surface area contributed by atoms with Gasteiger partial charge in [0.1, 0.15) is 18.5 Å². The fraction of sp³-hybridized carbons (Fsp3) is 0.370. The monoisotopic (exact) mass is 447 g/mol. The van der Waals surface area contributed by atoms with E-state index < -0.39 is 6.17 Å². The summed E-state index contributed by atoms with van der Waals surface area (Å²) >= 11 is 0. The zero-order valence-electron chi connectivity index (χ0n) is 19.1. The van der Waals surface area contributed by atoms with Gasteiger partial charge in [-0.2, -0.15) is 0 Å². The Hall–Kier alpha value is -2.96. The zero-order chi connectivity index (χ0) is 23.0. The first-order valence-corrected chi connectivity index (χ1v) is 11.6. The third kappa shape index (κ3) is 4.59. The van der Waals surface area contributed by atoms with E-state index in [-0.39, 0.29) is 17.5 Å². The van der Waals surface area contributed by atoms with Crippen molar-refractivity contribution >= 4 is 16.7 Å². The van der Waals surface area contributed by atoms with Crippen LogP contribution in [0.15, 0.2) is 60.7 Å². The fourth-order valence-corrected chi connectivity index (χ4v) is 4.85. The maximum absolute atomic E-state index is 13.8. The highest BCUT2D eigenvalue weighted by molar-refractivity contribution is 5.97. The minimum atomic E-state index is -0.868. The molecule has 1 aliphatic carbocycles. The van der Waals surface area contributed by atoms with Gasteiger partial charge in [0.15, 0.2) is 0 Å². The molecule has 6 heteroatoms. The molecular formula is C27H30FN3O2. The van der Waals surface area contributed by atoms with Crippen LogP contribution in [0.3, 0.4) is 0 Å². The Morgan fingerprint density at radius 3 is 2.76 bits per heavy atom. The second kappa shape index (κ2) is 8.76. The van der Waals surface area contributed by atoms with Gasteiger partial charge >= 0.3 is 0 Å². The van der Waals surface area contributed by atoms with Crippen LogP contribution in [0.2, 0.25) is 0 Å². The summed E-state index contributed by atoms with van der Waals surface area (Å²) in [5, 5.41) is 7.44.